The fourth-order valence-electron chi connectivity index (χ4n) is 3.21. The molecule has 174 valence electrons. The number of rotatable bonds is 7. The molecule has 0 unspecified atom stereocenters. The monoisotopic (exact) mass is 593 g/mol. The lowest BCUT2D eigenvalue weighted by molar-refractivity contribution is -0.113. The topological polar surface area (TPSA) is 38.8 Å². The summed E-state index contributed by atoms with van der Waals surface area (Å²) in [5.41, 5.74) is 2.42. The average molecular weight is 595 g/mol. The molecule has 3 aromatic carbocycles. The van der Waals surface area contributed by atoms with Gasteiger partial charge in [0.1, 0.15) is 6.61 Å². The molecule has 4 rings (SSSR count). The van der Waals surface area contributed by atoms with Gasteiger partial charge < -0.3 is 9.47 Å². The number of carbonyl (C=O) groups excluding carboxylic acids is 1. The summed E-state index contributed by atoms with van der Waals surface area (Å²) in [4.78, 5) is 15.1. The van der Waals surface area contributed by atoms with Crippen molar-refractivity contribution in [3.05, 3.63) is 91.2 Å². The number of nitrogens with zero attached hydrogens (tertiary/aromatic N) is 1. The molecule has 1 aliphatic heterocycles. The minimum atomic E-state index is -0.200. The van der Waals surface area contributed by atoms with Crippen molar-refractivity contribution in [3.8, 4) is 11.5 Å². The van der Waals surface area contributed by atoms with Crippen LogP contribution in [0.1, 0.15) is 18.1 Å². The van der Waals surface area contributed by atoms with Gasteiger partial charge in [-0.1, -0.05) is 65.4 Å². The molecule has 1 fully saturated rings. The Labute approximate surface area is 226 Å². The largest absolute Gasteiger partial charge is 0.490 e. The van der Waals surface area contributed by atoms with Gasteiger partial charge in [0.15, 0.2) is 15.8 Å². The highest BCUT2D eigenvalue weighted by Gasteiger charge is 2.33. The Kier molecular flexibility index (Phi) is 8.22. The van der Waals surface area contributed by atoms with E-state index in [4.69, 9.17) is 44.9 Å². The zero-order chi connectivity index (χ0) is 24.2. The Balaban J connectivity index is 1.55. The maximum Gasteiger partial charge on any atom is 0.270 e. The Hall–Kier alpha value is -2.03. The number of thiocarbonyl (C=S) groups is 1. The van der Waals surface area contributed by atoms with Crippen LogP contribution in [0.4, 0.5) is 5.69 Å². The molecule has 4 nitrogen and oxygen atoms in total. The summed E-state index contributed by atoms with van der Waals surface area (Å²) in [5.74, 6) is 1.01. The Bertz CT molecular complexity index is 1280. The summed E-state index contributed by atoms with van der Waals surface area (Å²) in [6.07, 6.45) is 1.80. The third-order valence-corrected chi connectivity index (χ3v) is 7.61. The second-order valence-electron chi connectivity index (χ2n) is 7.17. The molecule has 0 spiro atoms. The Morgan fingerprint density at radius 1 is 1.03 bits per heavy atom. The first-order chi connectivity index (χ1) is 16.4. The number of amides is 1. The van der Waals surface area contributed by atoms with Gasteiger partial charge in [-0.05, 0) is 82.5 Å². The van der Waals surface area contributed by atoms with Gasteiger partial charge in [-0.2, -0.15) is 0 Å². The molecule has 0 aliphatic carbocycles. The maximum atomic E-state index is 13.1. The number of carbonyl (C=O) groups is 1. The highest BCUT2D eigenvalue weighted by Crippen LogP contribution is 2.39. The zero-order valence-corrected chi connectivity index (χ0v) is 22.6. The van der Waals surface area contributed by atoms with Gasteiger partial charge in [0.2, 0.25) is 0 Å². The van der Waals surface area contributed by atoms with Crippen molar-refractivity contribution in [2.24, 2.45) is 0 Å². The molecule has 0 aromatic heterocycles. The summed E-state index contributed by atoms with van der Waals surface area (Å²) < 4.78 is 13.0. The lowest BCUT2D eigenvalue weighted by Gasteiger charge is -2.15. The third kappa shape index (κ3) is 5.78. The number of halogens is 3. The molecule has 3 aromatic rings. The number of benzene rings is 3. The van der Waals surface area contributed by atoms with E-state index < -0.39 is 0 Å². The standard InChI is InChI=1S/C25H18BrCl2NO3S2/c1-2-31-22-11-16(5-10-21(22)32-14-15-3-6-17(27)7-4-15)12-23-24(30)29(25(33)34-23)18-8-9-19(26)20(28)13-18/h3-13H,2,14H2,1H3/b23-12+. The first kappa shape index (κ1) is 25.1. The van der Waals surface area contributed by atoms with E-state index in [2.05, 4.69) is 15.9 Å². The van der Waals surface area contributed by atoms with Crippen LogP contribution in [0.2, 0.25) is 10.0 Å². The maximum absolute atomic E-state index is 13.1. The minimum absolute atomic E-state index is 0.200. The van der Waals surface area contributed by atoms with Crippen LogP contribution in [0.5, 0.6) is 11.5 Å². The smallest absolute Gasteiger partial charge is 0.270 e. The van der Waals surface area contributed by atoms with Gasteiger partial charge in [-0.25, -0.2) is 0 Å². The number of hydrogen-bond donors (Lipinski definition) is 0. The lowest BCUT2D eigenvalue weighted by atomic mass is 10.1. The molecule has 0 N–H and O–H groups in total. The average Bonchev–Trinajstić information content (AvgIpc) is 3.09. The summed E-state index contributed by atoms with van der Waals surface area (Å²) >= 11 is 22.2. The number of hydrogen-bond acceptors (Lipinski definition) is 5. The van der Waals surface area contributed by atoms with Crippen LogP contribution < -0.4 is 14.4 Å². The highest BCUT2D eigenvalue weighted by atomic mass is 79.9. The first-order valence-corrected chi connectivity index (χ1v) is 13.0. The summed E-state index contributed by atoms with van der Waals surface area (Å²) in [6, 6.07) is 18.3. The molecule has 0 saturated carbocycles. The predicted molar refractivity (Wildman–Crippen MR) is 148 cm³/mol. The summed E-state index contributed by atoms with van der Waals surface area (Å²) in [7, 11) is 0. The molecular formula is C25H18BrCl2NO3S2. The van der Waals surface area contributed by atoms with Crippen LogP contribution in [-0.2, 0) is 11.4 Å². The number of ether oxygens (including phenoxy) is 2. The van der Waals surface area contributed by atoms with Gasteiger partial charge in [0, 0.05) is 9.50 Å². The Morgan fingerprint density at radius 2 is 1.79 bits per heavy atom. The van der Waals surface area contributed by atoms with E-state index in [-0.39, 0.29) is 5.91 Å². The molecule has 1 amide bonds. The summed E-state index contributed by atoms with van der Waals surface area (Å²) in [5, 5.41) is 1.18. The zero-order valence-electron chi connectivity index (χ0n) is 17.9. The highest BCUT2D eigenvalue weighted by molar-refractivity contribution is 9.10. The normalized spacial score (nSPS) is 14.7. The SMILES string of the molecule is CCOc1cc(/C=C2/SC(=S)N(c3ccc(Br)c(Cl)c3)C2=O)ccc1OCc1ccc(Cl)cc1. The quantitative estimate of drug-likeness (QED) is 0.204. The van der Waals surface area contributed by atoms with Crippen LogP contribution in [0, 0.1) is 0 Å². The molecule has 34 heavy (non-hydrogen) atoms. The van der Waals surface area contributed by atoms with E-state index >= 15 is 0 Å². The summed E-state index contributed by atoms with van der Waals surface area (Å²) in [6.45, 7) is 2.77. The lowest BCUT2D eigenvalue weighted by Crippen LogP contribution is -2.27. The van der Waals surface area contributed by atoms with Crippen LogP contribution >= 0.6 is 63.1 Å². The van der Waals surface area contributed by atoms with E-state index in [0.29, 0.717) is 49.7 Å². The fourth-order valence-corrected chi connectivity index (χ4v) is 5.06. The molecule has 1 saturated heterocycles. The molecule has 1 aliphatic rings. The Morgan fingerprint density at radius 3 is 2.50 bits per heavy atom. The third-order valence-electron chi connectivity index (χ3n) is 4.83. The van der Waals surface area contributed by atoms with Gasteiger partial charge in [0.05, 0.1) is 22.2 Å². The first-order valence-electron chi connectivity index (χ1n) is 10.2. The van der Waals surface area contributed by atoms with Crippen LogP contribution in [-0.4, -0.2) is 16.8 Å². The minimum Gasteiger partial charge on any atom is -0.490 e. The molecule has 1 heterocycles. The molecule has 9 heteroatoms. The van der Waals surface area contributed by atoms with Gasteiger partial charge in [0.25, 0.3) is 5.91 Å². The van der Waals surface area contributed by atoms with E-state index in [0.717, 1.165) is 15.6 Å². The van der Waals surface area contributed by atoms with Crippen molar-refractivity contribution >= 4 is 85.1 Å². The van der Waals surface area contributed by atoms with Crippen LogP contribution in [0.15, 0.2) is 70.0 Å². The predicted octanol–water partition coefficient (Wildman–Crippen LogP) is 8.14. The van der Waals surface area contributed by atoms with E-state index in [1.165, 1.54) is 16.7 Å². The molecule has 0 atom stereocenters. The second kappa shape index (κ2) is 11.1. The number of thioether (sulfide) groups is 1. The van der Waals surface area contributed by atoms with Crippen LogP contribution in [0.3, 0.4) is 0 Å². The van der Waals surface area contributed by atoms with Crippen molar-refractivity contribution in [3.63, 3.8) is 0 Å². The van der Waals surface area contributed by atoms with Crippen molar-refractivity contribution in [1.29, 1.82) is 0 Å². The van der Waals surface area contributed by atoms with Gasteiger partial charge in [-0.3, -0.25) is 9.69 Å². The van der Waals surface area contributed by atoms with Crippen molar-refractivity contribution in [2.45, 2.75) is 13.5 Å². The van der Waals surface area contributed by atoms with Gasteiger partial charge >= 0.3 is 0 Å². The van der Waals surface area contributed by atoms with Crippen molar-refractivity contribution < 1.29 is 14.3 Å². The fraction of sp³-hybridized carbons (Fsp3) is 0.120. The second-order valence-corrected chi connectivity index (χ2v) is 10.5. The van der Waals surface area contributed by atoms with Crippen molar-refractivity contribution in [2.75, 3.05) is 11.5 Å². The number of anilines is 1. The van der Waals surface area contributed by atoms with E-state index in [9.17, 15) is 4.79 Å². The molecule has 0 radical (unpaired) electrons. The molecular weight excluding hydrogens is 577 g/mol. The van der Waals surface area contributed by atoms with E-state index in [1.54, 1.807) is 24.3 Å². The molecule has 0 bridgehead atoms. The van der Waals surface area contributed by atoms with E-state index in [1.807, 2.05) is 49.4 Å². The van der Waals surface area contributed by atoms with Crippen LogP contribution in [0.25, 0.3) is 6.08 Å². The van der Waals surface area contributed by atoms with Crippen molar-refractivity contribution in [1.82, 2.24) is 0 Å². The van der Waals surface area contributed by atoms with Gasteiger partial charge in [-0.15, -0.1) is 0 Å².